The minimum absolute atomic E-state index is 0.0836. The third-order valence-corrected chi connectivity index (χ3v) is 2.50. The Balaban J connectivity index is 2.21. The van der Waals surface area contributed by atoms with Gasteiger partial charge in [0.1, 0.15) is 10.7 Å². The van der Waals surface area contributed by atoms with Crippen molar-refractivity contribution in [3.05, 3.63) is 48.3 Å². The summed E-state index contributed by atoms with van der Waals surface area (Å²) in [6.45, 7) is 0. The first-order chi connectivity index (χ1) is 9.85. The summed E-state index contributed by atoms with van der Waals surface area (Å²) in [4.78, 5) is 4.04. The van der Waals surface area contributed by atoms with E-state index in [0.29, 0.717) is 5.69 Å². The maximum atomic E-state index is 12.3. The molecule has 0 aliphatic heterocycles. The molecule has 0 spiro atoms. The Labute approximate surface area is 123 Å². The zero-order valence-corrected chi connectivity index (χ0v) is 11.2. The minimum atomic E-state index is -4.80. The summed E-state index contributed by atoms with van der Waals surface area (Å²) in [5.74, 6) is -0.295. The topological polar surface area (TPSA) is 57.4 Å². The molecule has 2 aromatic rings. The van der Waals surface area contributed by atoms with Gasteiger partial charge in [-0.1, -0.05) is 24.4 Å². The average Bonchev–Trinajstić information content (AvgIpc) is 2.40. The second kappa shape index (κ2) is 5.96. The zero-order chi connectivity index (χ0) is 15.5. The molecule has 0 fully saturated rings. The molecule has 0 unspecified atom stereocenters. The number of hydrogen-bond donors (Lipinski definition) is 1. The average molecular weight is 314 g/mol. The first kappa shape index (κ1) is 15.0. The van der Waals surface area contributed by atoms with Gasteiger partial charge < -0.3 is 15.2 Å². The number of para-hydroxylation sites is 2. The SMILES string of the molecule is NC(=S)c1ccc(Oc2ccccc2OC(F)(F)F)cn1. The Hall–Kier alpha value is -2.35. The maximum Gasteiger partial charge on any atom is 0.573 e. The number of pyridine rings is 1. The van der Waals surface area contributed by atoms with Gasteiger partial charge >= 0.3 is 6.36 Å². The molecule has 2 rings (SSSR count). The van der Waals surface area contributed by atoms with E-state index in [9.17, 15) is 13.2 Å². The molecule has 1 aromatic carbocycles. The molecule has 0 saturated carbocycles. The first-order valence-electron chi connectivity index (χ1n) is 5.63. The molecule has 0 bridgehead atoms. The van der Waals surface area contributed by atoms with E-state index in [1.54, 1.807) is 0 Å². The highest BCUT2D eigenvalue weighted by Gasteiger charge is 2.32. The predicted molar refractivity (Wildman–Crippen MR) is 73.3 cm³/mol. The molecule has 2 N–H and O–H groups in total. The molecule has 0 aliphatic rings. The Morgan fingerprint density at radius 1 is 1.10 bits per heavy atom. The number of nitrogens with zero attached hydrogens (tertiary/aromatic N) is 1. The number of hydrogen-bond acceptors (Lipinski definition) is 4. The minimum Gasteiger partial charge on any atom is -0.452 e. The van der Waals surface area contributed by atoms with E-state index in [-0.39, 0.29) is 16.5 Å². The maximum absolute atomic E-state index is 12.3. The number of nitrogens with two attached hydrogens (primary N) is 1. The summed E-state index contributed by atoms with van der Waals surface area (Å²) >= 11 is 4.74. The largest absolute Gasteiger partial charge is 0.573 e. The van der Waals surface area contributed by atoms with Crippen molar-refractivity contribution in [2.24, 2.45) is 5.73 Å². The fraction of sp³-hybridized carbons (Fsp3) is 0.0769. The van der Waals surface area contributed by atoms with Crippen LogP contribution in [-0.2, 0) is 0 Å². The third kappa shape index (κ3) is 4.32. The van der Waals surface area contributed by atoms with Crippen LogP contribution in [0.4, 0.5) is 13.2 Å². The zero-order valence-electron chi connectivity index (χ0n) is 10.4. The number of ether oxygens (including phenoxy) is 2. The van der Waals surface area contributed by atoms with Crippen molar-refractivity contribution in [1.29, 1.82) is 0 Å². The number of rotatable bonds is 4. The van der Waals surface area contributed by atoms with Crippen molar-refractivity contribution >= 4 is 17.2 Å². The van der Waals surface area contributed by atoms with E-state index >= 15 is 0 Å². The Kier molecular flexibility index (Phi) is 4.27. The standard InChI is InChI=1S/C13H9F3N2O2S/c14-13(15,16)20-11-4-2-1-3-10(11)19-8-5-6-9(12(17)21)18-7-8/h1-7H,(H2,17,21). The quantitative estimate of drug-likeness (QED) is 0.877. The summed E-state index contributed by atoms with van der Waals surface area (Å²) in [6.07, 6.45) is -3.49. The highest BCUT2D eigenvalue weighted by molar-refractivity contribution is 7.80. The number of thiocarbonyl (C=S) groups is 1. The second-order valence-corrected chi connectivity index (χ2v) is 4.28. The summed E-state index contributed by atoms with van der Waals surface area (Å²) < 4.78 is 46.0. The van der Waals surface area contributed by atoms with Gasteiger partial charge in [-0.3, -0.25) is 0 Å². The number of benzene rings is 1. The number of halogens is 3. The molecule has 0 aliphatic carbocycles. The van der Waals surface area contributed by atoms with E-state index in [4.69, 9.17) is 22.7 Å². The van der Waals surface area contributed by atoms with E-state index < -0.39 is 12.1 Å². The van der Waals surface area contributed by atoms with E-state index in [1.165, 1.54) is 36.5 Å². The van der Waals surface area contributed by atoms with Crippen LogP contribution in [0.2, 0.25) is 0 Å². The molecule has 4 nitrogen and oxygen atoms in total. The van der Waals surface area contributed by atoms with Crippen LogP contribution in [0.3, 0.4) is 0 Å². The molecule has 1 aromatic heterocycles. The van der Waals surface area contributed by atoms with Crippen LogP contribution in [0, 0.1) is 0 Å². The number of alkyl halides is 3. The summed E-state index contributed by atoms with van der Waals surface area (Å²) in [5, 5.41) is 0. The van der Waals surface area contributed by atoms with Crippen molar-refractivity contribution in [2.75, 3.05) is 0 Å². The lowest BCUT2D eigenvalue weighted by Crippen LogP contribution is -2.17. The third-order valence-electron chi connectivity index (χ3n) is 2.29. The van der Waals surface area contributed by atoms with Crippen molar-refractivity contribution in [1.82, 2.24) is 4.98 Å². The fourth-order valence-electron chi connectivity index (χ4n) is 1.46. The molecule has 110 valence electrons. The van der Waals surface area contributed by atoms with Crippen LogP contribution in [0.15, 0.2) is 42.6 Å². The van der Waals surface area contributed by atoms with Gasteiger partial charge in [0.15, 0.2) is 11.5 Å². The molecule has 0 atom stereocenters. The summed E-state index contributed by atoms with van der Waals surface area (Å²) in [6, 6.07) is 8.43. The van der Waals surface area contributed by atoms with Crippen LogP contribution in [-0.4, -0.2) is 16.3 Å². The predicted octanol–water partition coefficient (Wildman–Crippen LogP) is 3.41. The van der Waals surface area contributed by atoms with Crippen molar-refractivity contribution in [3.63, 3.8) is 0 Å². The normalized spacial score (nSPS) is 11.0. The van der Waals surface area contributed by atoms with Gasteiger partial charge in [-0.15, -0.1) is 13.2 Å². The molecular weight excluding hydrogens is 305 g/mol. The van der Waals surface area contributed by atoms with Gasteiger partial charge in [0, 0.05) is 0 Å². The molecule has 0 saturated heterocycles. The first-order valence-corrected chi connectivity index (χ1v) is 6.04. The van der Waals surface area contributed by atoms with Crippen molar-refractivity contribution < 1.29 is 22.6 Å². The lowest BCUT2D eigenvalue weighted by Gasteiger charge is -2.13. The Bertz CT molecular complexity index is 645. The van der Waals surface area contributed by atoms with Gasteiger partial charge in [-0.2, -0.15) is 0 Å². The lowest BCUT2D eigenvalue weighted by molar-refractivity contribution is -0.275. The van der Waals surface area contributed by atoms with Crippen molar-refractivity contribution in [2.45, 2.75) is 6.36 Å². The molecule has 0 radical (unpaired) electrons. The molecule has 0 amide bonds. The van der Waals surface area contributed by atoms with Gasteiger partial charge in [0.25, 0.3) is 0 Å². The molecule has 8 heteroatoms. The van der Waals surface area contributed by atoms with Gasteiger partial charge in [0.05, 0.1) is 11.9 Å². The smallest absolute Gasteiger partial charge is 0.452 e. The van der Waals surface area contributed by atoms with E-state index in [0.717, 1.165) is 6.07 Å². The Morgan fingerprint density at radius 2 is 1.76 bits per heavy atom. The van der Waals surface area contributed by atoms with Gasteiger partial charge in [-0.25, -0.2) is 4.98 Å². The second-order valence-electron chi connectivity index (χ2n) is 3.84. The molecule has 1 heterocycles. The van der Waals surface area contributed by atoms with Crippen molar-refractivity contribution in [3.8, 4) is 17.2 Å². The van der Waals surface area contributed by atoms with Gasteiger partial charge in [-0.05, 0) is 24.3 Å². The van der Waals surface area contributed by atoms with Crippen LogP contribution < -0.4 is 15.2 Å². The van der Waals surface area contributed by atoms with Crippen LogP contribution >= 0.6 is 12.2 Å². The number of aromatic nitrogens is 1. The molecular formula is C13H9F3N2O2S. The monoisotopic (exact) mass is 314 g/mol. The summed E-state index contributed by atoms with van der Waals surface area (Å²) in [5.41, 5.74) is 5.78. The molecule has 21 heavy (non-hydrogen) atoms. The fourth-order valence-corrected chi connectivity index (χ4v) is 1.58. The van der Waals surface area contributed by atoms with Crippen LogP contribution in [0.1, 0.15) is 5.69 Å². The Morgan fingerprint density at radius 3 is 2.29 bits per heavy atom. The highest BCUT2D eigenvalue weighted by atomic mass is 32.1. The van der Waals surface area contributed by atoms with Gasteiger partial charge in [0.2, 0.25) is 0 Å². The van der Waals surface area contributed by atoms with E-state index in [1.807, 2.05) is 0 Å². The summed E-state index contributed by atoms with van der Waals surface area (Å²) in [7, 11) is 0. The lowest BCUT2D eigenvalue weighted by atomic mass is 10.3. The van der Waals surface area contributed by atoms with Crippen LogP contribution in [0.25, 0.3) is 0 Å². The highest BCUT2D eigenvalue weighted by Crippen LogP contribution is 2.34. The van der Waals surface area contributed by atoms with Crippen LogP contribution in [0.5, 0.6) is 17.2 Å². The van der Waals surface area contributed by atoms with E-state index in [2.05, 4.69) is 9.72 Å².